The third-order valence-corrected chi connectivity index (χ3v) is 4.10. The lowest BCUT2D eigenvalue weighted by molar-refractivity contribution is -0.384. The van der Waals surface area contributed by atoms with E-state index in [0.717, 1.165) is 0 Å². The summed E-state index contributed by atoms with van der Waals surface area (Å²) in [5.74, 6) is 0.0172. The summed E-state index contributed by atoms with van der Waals surface area (Å²) in [4.78, 5) is 22.1. The molecule has 0 aliphatic heterocycles. The number of aliphatic hydroxyl groups excluding tert-OH is 1. The Balaban J connectivity index is 1.66. The number of nitrogens with one attached hydrogen (secondary N) is 1. The van der Waals surface area contributed by atoms with Gasteiger partial charge in [0.1, 0.15) is 11.5 Å². The first-order valence-corrected chi connectivity index (χ1v) is 8.43. The number of carbonyl (C=O) groups is 1. The van der Waals surface area contributed by atoms with E-state index in [1.165, 1.54) is 24.4 Å². The monoisotopic (exact) mass is 399 g/mol. The molecule has 0 radical (unpaired) electrons. The van der Waals surface area contributed by atoms with Crippen LogP contribution in [0.1, 0.15) is 17.4 Å². The lowest BCUT2D eigenvalue weighted by Gasteiger charge is -2.08. The Labute approximate surface area is 164 Å². The van der Waals surface area contributed by atoms with Crippen LogP contribution in [0.15, 0.2) is 70.2 Å². The van der Waals surface area contributed by atoms with Crippen LogP contribution in [0, 0.1) is 10.1 Å². The zero-order chi connectivity index (χ0) is 20.1. The molecule has 0 aliphatic carbocycles. The molecule has 1 amide bonds. The highest BCUT2D eigenvalue weighted by Gasteiger charge is 2.16. The van der Waals surface area contributed by atoms with Crippen molar-refractivity contribution in [1.29, 1.82) is 0 Å². The molecule has 2 N–H and O–H groups in total. The number of carbonyl (C=O) groups excluding carboxylic acids is 1. The number of hydrogen-bond acceptors (Lipinski definition) is 6. The van der Waals surface area contributed by atoms with E-state index < -0.39 is 16.9 Å². The maximum atomic E-state index is 11.9. The van der Waals surface area contributed by atoms with Gasteiger partial charge in [-0.05, 0) is 23.8 Å². The lowest BCUT2D eigenvalue weighted by atomic mass is 10.1. The smallest absolute Gasteiger partial charge is 0.273 e. The molecule has 0 fully saturated rings. The van der Waals surface area contributed by atoms with Crippen LogP contribution in [0.2, 0.25) is 5.02 Å². The predicted molar refractivity (Wildman–Crippen MR) is 103 cm³/mol. The molecular weight excluding hydrogens is 386 g/mol. The van der Waals surface area contributed by atoms with Crippen LogP contribution >= 0.6 is 11.6 Å². The zero-order valence-electron chi connectivity index (χ0n) is 14.3. The standard InChI is InChI=1S/C19H14ClN3O5/c20-16-10-13(23(26)27)6-8-15(16)17-9-7-14(28-17)11-21-22-19(25)18(24)12-4-2-1-3-5-12/h1-11,18,24H,(H,22,25). The number of hydrogen-bond donors (Lipinski definition) is 2. The molecule has 0 saturated heterocycles. The van der Waals surface area contributed by atoms with Gasteiger partial charge in [-0.2, -0.15) is 5.10 Å². The number of nitro groups is 1. The molecule has 142 valence electrons. The Kier molecular flexibility index (Phi) is 5.83. The van der Waals surface area contributed by atoms with Crippen molar-refractivity contribution in [2.75, 3.05) is 0 Å². The number of aliphatic hydroxyl groups is 1. The number of furan rings is 1. The van der Waals surface area contributed by atoms with Gasteiger partial charge in [-0.3, -0.25) is 14.9 Å². The van der Waals surface area contributed by atoms with Crippen LogP contribution in [0.25, 0.3) is 11.3 Å². The van der Waals surface area contributed by atoms with Crippen molar-refractivity contribution in [3.63, 3.8) is 0 Å². The number of hydrazone groups is 1. The summed E-state index contributed by atoms with van der Waals surface area (Å²) in [6.07, 6.45) is -0.0808. The highest BCUT2D eigenvalue weighted by atomic mass is 35.5. The van der Waals surface area contributed by atoms with Crippen molar-refractivity contribution in [3.05, 3.63) is 87.1 Å². The molecule has 8 nitrogen and oxygen atoms in total. The van der Waals surface area contributed by atoms with Gasteiger partial charge in [-0.25, -0.2) is 5.43 Å². The van der Waals surface area contributed by atoms with Crippen LogP contribution in [-0.2, 0) is 4.79 Å². The Hall–Kier alpha value is -3.49. The second-order valence-corrected chi connectivity index (χ2v) is 6.08. The second-order valence-electron chi connectivity index (χ2n) is 5.67. The number of rotatable bonds is 6. The normalized spacial score (nSPS) is 12.1. The number of nitrogens with zero attached hydrogens (tertiary/aromatic N) is 2. The Morgan fingerprint density at radius 2 is 1.96 bits per heavy atom. The quantitative estimate of drug-likeness (QED) is 0.372. The maximum absolute atomic E-state index is 11.9. The summed E-state index contributed by atoms with van der Waals surface area (Å²) in [7, 11) is 0. The minimum Gasteiger partial charge on any atom is -0.455 e. The largest absolute Gasteiger partial charge is 0.455 e. The van der Waals surface area contributed by atoms with Gasteiger partial charge >= 0.3 is 0 Å². The van der Waals surface area contributed by atoms with E-state index in [4.69, 9.17) is 16.0 Å². The van der Waals surface area contributed by atoms with Crippen molar-refractivity contribution in [1.82, 2.24) is 5.43 Å². The maximum Gasteiger partial charge on any atom is 0.273 e. The number of non-ortho nitro benzene ring substituents is 1. The summed E-state index contributed by atoms with van der Waals surface area (Å²) in [6, 6.07) is 15.7. The third kappa shape index (κ3) is 4.43. The first kappa shape index (κ1) is 19.3. The average molecular weight is 400 g/mol. The Morgan fingerprint density at radius 1 is 1.21 bits per heavy atom. The molecule has 3 rings (SSSR count). The summed E-state index contributed by atoms with van der Waals surface area (Å²) in [5.41, 5.74) is 3.04. The van der Waals surface area contributed by atoms with Crippen molar-refractivity contribution >= 4 is 29.4 Å². The Bertz CT molecular complexity index is 1030. The summed E-state index contributed by atoms with van der Waals surface area (Å²) < 4.78 is 5.56. The fourth-order valence-corrected chi connectivity index (χ4v) is 2.66. The van der Waals surface area contributed by atoms with Crippen molar-refractivity contribution in [2.24, 2.45) is 5.10 Å². The molecule has 1 heterocycles. The molecule has 1 unspecified atom stereocenters. The minimum atomic E-state index is -1.34. The first-order valence-electron chi connectivity index (χ1n) is 8.06. The fraction of sp³-hybridized carbons (Fsp3) is 0.0526. The summed E-state index contributed by atoms with van der Waals surface area (Å²) >= 11 is 6.07. The van der Waals surface area contributed by atoms with E-state index in [9.17, 15) is 20.0 Å². The molecule has 0 saturated carbocycles. The molecule has 1 aromatic heterocycles. The molecule has 2 aromatic carbocycles. The highest BCUT2D eigenvalue weighted by Crippen LogP contribution is 2.32. The molecule has 0 bridgehead atoms. The van der Waals surface area contributed by atoms with Crippen molar-refractivity contribution < 1.29 is 19.2 Å². The molecule has 3 aromatic rings. The van der Waals surface area contributed by atoms with Crippen LogP contribution in [0.5, 0.6) is 0 Å². The number of halogens is 1. The molecule has 0 aliphatic rings. The van der Waals surface area contributed by atoms with Crippen molar-refractivity contribution in [3.8, 4) is 11.3 Å². The first-order chi connectivity index (χ1) is 13.5. The third-order valence-electron chi connectivity index (χ3n) is 3.79. The molecule has 1 atom stereocenters. The summed E-state index contributed by atoms with van der Waals surface area (Å²) in [6.45, 7) is 0. The van der Waals surface area contributed by atoms with Crippen LogP contribution in [0.4, 0.5) is 5.69 Å². The van der Waals surface area contributed by atoms with Crippen molar-refractivity contribution in [2.45, 2.75) is 6.10 Å². The number of benzene rings is 2. The molecule has 0 spiro atoms. The van der Waals surface area contributed by atoms with Crippen LogP contribution in [-0.4, -0.2) is 22.2 Å². The minimum absolute atomic E-state index is 0.123. The van der Waals surface area contributed by atoms with Gasteiger partial charge in [0.2, 0.25) is 0 Å². The number of nitro benzene ring substituents is 1. The van der Waals surface area contributed by atoms with Crippen LogP contribution < -0.4 is 5.43 Å². The molecule has 28 heavy (non-hydrogen) atoms. The van der Waals surface area contributed by atoms with E-state index in [1.54, 1.807) is 42.5 Å². The van der Waals surface area contributed by atoms with Gasteiger partial charge in [-0.15, -0.1) is 0 Å². The van der Waals surface area contributed by atoms with Gasteiger partial charge in [0.05, 0.1) is 16.2 Å². The predicted octanol–water partition coefficient (Wildman–Crippen LogP) is 3.69. The van der Waals surface area contributed by atoms with Gasteiger partial charge in [0.15, 0.2) is 6.10 Å². The van der Waals surface area contributed by atoms with E-state index in [-0.39, 0.29) is 10.7 Å². The van der Waals surface area contributed by atoms with E-state index in [1.807, 2.05) is 0 Å². The second kappa shape index (κ2) is 8.47. The SMILES string of the molecule is O=C(NN=Cc1ccc(-c2ccc([N+](=O)[O-])cc2Cl)o1)C(O)c1ccccc1. The molecular formula is C19H14ClN3O5. The van der Waals surface area contributed by atoms with Gasteiger partial charge < -0.3 is 9.52 Å². The van der Waals surface area contributed by atoms with E-state index in [2.05, 4.69) is 10.5 Å². The lowest BCUT2D eigenvalue weighted by Crippen LogP contribution is -2.25. The van der Waals surface area contributed by atoms with E-state index >= 15 is 0 Å². The molecule has 9 heteroatoms. The number of amides is 1. The van der Waals surface area contributed by atoms with Gasteiger partial charge in [0, 0.05) is 17.7 Å². The highest BCUT2D eigenvalue weighted by molar-refractivity contribution is 6.33. The Morgan fingerprint density at radius 3 is 2.64 bits per heavy atom. The van der Waals surface area contributed by atoms with Gasteiger partial charge in [0.25, 0.3) is 11.6 Å². The average Bonchev–Trinajstić information content (AvgIpc) is 3.16. The zero-order valence-corrected chi connectivity index (χ0v) is 15.0. The van der Waals surface area contributed by atoms with E-state index in [0.29, 0.717) is 22.6 Å². The van der Waals surface area contributed by atoms with Crippen LogP contribution in [0.3, 0.4) is 0 Å². The van der Waals surface area contributed by atoms with Gasteiger partial charge in [-0.1, -0.05) is 41.9 Å². The fourth-order valence-electron chi connectivity index (χ4n) is 2.39. The summed E-state index contributed by atoms with van der Waals surface area (Å²) in [5, 5.41) is 24.7. The topological polar surface area (TPSA) is 118 Å².